The third kappa shape index (κ3) is 1.30. The van der Waals surface area contributed by atoms with Gasteiger partial charge in [0, 0.05) is 12.6 Å². The van der Waals surface area contributed by atoms with Gasteiger partial charge in [0.2, 0.25) is 5.88 Å². The summed E-state index contributed by atoms with van der Waals surface area (Å²) in [6.07, 6.45) is 1.86. The van der Waals surface area contributed by atoms with Gasteiger partial charge in [-0.1, -0.05) is 0 Å². The van der Waals surface area contributed by atoms with Gasteiger partial charge < -0.3 is 10.2 Å². The highest BCUT2D eigenvalue weighted by molar-refractivity contribution is 7.98. The van der Waals surface area contributed by atoms with Crippen LogP contribution in [-0.2, 0) is 6.54 Å². The lowest BCUT2D eigenvalue weighted by atomic mass is 10.6. The van der Waals surface area contributed by atoms with Crippen molar-refractivity contribution in [1.82, 2.24) is 4.57 Å². The van der Waals surface area contributed by atoms with Gasteiger partial charge in [0.25, 0.3) is 0 Å². The van der Waals surface area contributed by atoms with Crippen LogP contribution in [-0.4, -0.2) is 21.0 Å². The highest BCUT2D eigenvalue weighted by Gasteiger charge is 2.10. The zero-order valence-corrected chi connectivity index (χ0v) is 7.35. The van der Waals surface area contributed by atoms with Gasteiger partial charge in [-0.15, -0.1) is 11.8 Å². The Morgan fingerprint density at radius 1 is 1.55 bits per heavy atom. The van der Waals surface area contributed by atoms with Gasteiger partial charge in [0.1, 0.15) is 0 Å². The Kier molecular flexibility index (Phi) is 2.34. The fourth-order valence-electron chi connectivity index (χ4n) is 0.963. The molecule has 0 bridgehead atoms. The number of hydrogen-bond acceptors (Lipinski definition) is 3. The molecule has 0 atom stereocenters. The van der Waals surface area contributed by atoms with Crippen molar-refractivity contribution in [3.05, 3.63) is 6.07 Å². The molecule has 1 aromatic rings. The maximum absolute atomic E-state index is 9.39. The minimum absolute atomic E-state index is 0.120. The van der Waals surface area contributed by atoms with E-state index in [2.05, 4.69) is 0 Å². The zero-order valence-electron chi connectivity index (χ0n) is 6.53. The van der Waals surface area contributed by atoms with E-state index in [1.165, 1.54) is 16.3 Å². The summed E-state index contributed by atoms with van der Waals surface area (Å²) in [6, 6.07) is 1.56. The Morgan fingerprint density at radius 3 is 2.45 bits per heavy atom. The van der Waals surface area contributed by atoms with Gasteiger partial charge in [0.05, 0.1) is 4.90 Å². The van der Waals surface area contributed by atoms with Gasteiger partial charge in [-0.2, -0.15) is 0 Å². The largest absolute Gasteiger partial charge is 0.494 e. The second-order valence-corrected chi connectivity index (χ2v) is 2.99. The van der Waals surface area contributed by atoms with E-state index in [1.54, 1.807) is 6.07 Å². The lowest BCUT2D eigenvalue weighted by Gasteiger charge is -2.00. The van der Waals surface area contributed by atoms with Crippen LogP contribution >= 0.6 is 11.8 Å². The van der Waals surface area contributed by atoms with Crippen molar-refractivity contribution in [1.29, 1.82) is 0 Å². The molecule has 0 aliphatic heterocycles. The molecule has 2 N–H and O–H groups in total. The molecule has 3 nitrogen and oxygen atoms in total. The maximum Gasteiger partial charge on any atom is 0.207 e. The molecule has 0 radical (unpaired) electrons. The number of aromatic nitrogens is 1. The molecule has 11 heavy (non-hydrogen) atoms. The van der Waals surface area contributed by atoms with Crippen molar-refractivity contribution < 1.29 is 10.2 Å². The van der Waals surface area contributed by atoms with Crippen LogP contribution in [0.1, 0.15) is 6.92 Å². The minimum atomic E-state index is 0.120. The normalized spacial score (nSPS) is 10.4. The van der Waals surface area contributed by atoms with Crippen molar-refractivity contribution >= 4 is 11.8 Å². The number of rotatable bonds is 2. The molecule has 0 aromatic carbocycles. The van der Waals surface area contributed by atoms with E-state index in [0.29, 0.717) is 11.4 Å². The summed E-state index contributed by atoms with van der Waals surface area (Å²) in [5, 5.41) is 18.6. The molecule has 4 heteroatoms. The molecular weight excluding hydrogens is 162 g/mol. The molecule has 0 aliphatic carbocycles. The molecule has 0 spiro atoms. The predicted octanol–water partition coefficient (Wildman–Crippen LogP) is 1.64. The third-order valence-corrected chi connectivity index (χ3v) is 2.29. The lowest BCUT2D eigenvalue weighted by Crippen LogP contribution is -1.90. The smallest absolute Gasteiger partial charge is 0.207 e. The Hall–Kier alpha value is -0.770. The van der Waals surface area contributed by atoms with Gasteiger partial charge >= 0.3 is 0 Å². The van der Waals surface area contributed by atoms with Crippen LogP contribution in [0.2, 0.25) is 0 Å². The fraction of sp³-hybridized carbons (Fsp3) is 0.429. The highest BCUT2D eigenvalue weighted by atomic mass is 32.2. The Labute approximate surface area is 69.7 Å². The van der Waals surface area contributed by atoms with Crippen molar-refractivity contribution in [2.45, 2.75) is 18.4 Å². The molecule has 1 aromatic heterocycles. The van der Waals surface area contributed by atoms with Gasteiger partial charge in [-0.25, -0.2) is 0 Å². The first-order valence-electron chi connectivity index (χ1n) is 3.36. The minimum Gasteiger partial charge on any atom is -0.494 e. The first kappa shape index (κ1) is 8.33. The quantitative estimate of drug-likeness (QED) is 0.668. The van der Waals surface area contributed by atoms with E-state index in [4.69, 9.17) is 0 Å². The van der Waals surface area contributed by atoms with Gasteiger partial charge in [-0.3, -0.25) is 4.57 Å². The summed E-state index contributed by atoms with van der Waals surface area (Å²) in [7, 11) is 0. The van der Waals surface area contributed by atoms with Crippen LogP contribution < -0.4 is 0 Å². The van der Waals surface area contributed by atoms with E-state index in [9.17, 15) is 10.2 Å². The summed E-state index contributed by atoms with van der Waals surface area (Å²) in [5.41, 5.74) is 0. The summed E-state index contributed by atoms with van der Waals surface area (Å²) in [6.45, 7) is 2.45. The van der Waals surface area contributed by atoms with E-state index in [1.807, 2.05) is 13.2 Å². The summed E-state index contributed by atoms with van der Waals surface area (Å²) >= 11 is 1.41. The summed E-state index contributed by atoms with van der Waals surface area (Å²) in [4.78, 5) is 0.712. The Bertz CT molecular complexity index is 257. The van der Waals surface area contributed by atoms with Crippen LogP contribution in [0.15, 0.2) is 11.0 Å². The number of thioether (sulfide) groups is 1. The van der Waals surface area contributed by atoms with Crippen molar-refractivity contribution in [2.75, 3.05) is 6.26 Å². The molecule has 0 aliphatic rings. The molecule has 1 heterocycles. The van der Waals surface area contributed by atoms with Crippen molar-refractivity contribution in [3.8, 4) is 11.8 Å². The van der Waals surface area contributed by atoms with E-state index in [-0.39, 0.29) is 11.8 Å². The molecule has 1 rings (SSSR count). The first-order chi connectivity index (χ1) is 5.20. The van der Waals surface area contributed by atoms with E-state index >= 15 is 0 Å². The van der Waals surface area contributed by atoms with Gasteiger partial charge in [-0.05, 0) is 13.2 Å². The molecule has 0 saturated carbocycles. The monoisotopic (exact) mass is 173 g/mol. The van der Waals surface area contributed by atoms with Crippen molar-refractivity contribution in [2.24, 2.45) is 0 Å². The molecule has 0 saturated heterocycles. The maximum atomic E-state index is 9.39. The van der Waals surface area contributed by atoms with Crippen LogP contribution in [0.5, 0.6) is 11.8 Å². The van der Waals surface area contributed by atoms with E-state index in [0.717, 1.165) is 0 Å². The first-order valence-corrected chi connectivity index (χ1v) is 4.58. The average molecular weight is 173 g/mol. The Morgan fingerprint density at radius 2 is 2.18 bits per heavy atom. The van der Waals surface area contributed by atoms with Crippen LogP contribution in [0.3, 0.4) is 0 Å². The van der Waals surface area contributed by atoms with Gasteiger partial charge in [0.15, 0.2) is 5.88 Å². The standard InChI is InChI=1S/C7H11NO2S/c1-3-8-6(9)4-5(11-2)7(8)10/h4,9-10H,3H2,1-2H3. The van der Waals surface area contributed by atoms with Crippen LogP contribution in [0.25, 0.3) is 0 Å². The van der Waals surface area contributed by atoms with Crippen molar-refractivity contribution in [3.63, 3.8) is 0 Å². The molecular formula is C7H11NO2S. The number of nitrogens with zero attached hydrogens (tertiary/aromatic N) is 1. The predicted molar refractivity (Wildman–Crippen MR) is 45.2 cm³/mol. The lowest BCUT2D eigenvalue weighted by molar-refractivity contribution is 0.369. The topological polar surface area (TPSA) is 45.4 Å². The van der Waals surface area contributed by atoms with E-state index < -0.39 is 0 Å². The third-order valence-electron chi connectivity index (χ3n) is 1.55. The molecule has 0 fully saturated rings. The number of hydrogen-bond donors (Lipinski definition) is 2. The van der Waals surface area contributed by atoms with Crippen LogP contribution in [0, 0.1) is 0 Å². The summed E-state index contributed by atoms with van der Waals surface area (Å²) in [5.74, 6) is 0.270. The zero-order chi connectivity index (χ0) is 8.43. The molecule has 0 amide bonds. The SMILES string of the molecule is CCn1c(O)cc(SC)c1O. The average Bonchev–Trinajstić information content (AvgIpc) is 2.26. The second kappa shape index (κ2) is 3.09. The molecule has 62 valence electrons. The summed E-state index contributed by atoms with van der Waals surface area (Å²) < 4.78 is 1.45. The highest BCUT2D eigenvalue weighted by Crippen LogP contribution is 2.33. The fourth-order valence-corrected chi connectivity index (χ4v) is 1.48. The van der Waals surface area contributed by atoms with Crippen LogP contribution in [0.4, 0.5) is 0 Å². The Balaban J connectivity index is 3.14. The molecule has 0 unspecified atom stereocenters. The number of aromatic hydroxyl groups is 2. The second-order valence-electron chi connectivity index (χ2n) is 2.14.